The van der Waals surface area contributed by atoms with Crippen LogP contribution in [0.3, 0.4) is 0 Å². The summed E-state index contributed by atoms with van der Waals surface area (Å²) in [5, 5.41) is 56.1. The van der Waals surface area contributed by atoms with E-state index < -0.39 is 42.9 Å². The van der Waals surface area contributed by atoms with Gasteiger partial charge in [0.1, 0.15) is 42.9 Å². The molecule has 324 valence electrons. The summed E-state index contributed by atoms with van der Waals surface area (Å²) in [7, 11) is 0. The number of aliphatic hydroxyl groups excluding tert-OH is 5. The lowest BCUT2D eigenvalue weighted by atomic mass is 9.46. The van der Waals surface area contributed by atoms with E-state index in [-0.39, 0.29) is 47.4 Å². The molecule has 4 aliphatic carbocycles. The summed E-state index contributed by atoms with van der Waals surface area (Å²) in [6.07, 6.45) is 15.4. The summed E-state index contributed by atoms with van der Waals surface area (Å²) < 4.78 is 17.8. The van der Waals surface area contributed by atoms with Crippen molar-refractivity contribution in [3.63, 3.8) is 0 Å². The van der Waals surface area contributed by atoms with Gasteiger partial charge >= 0.3 is 5.97 Å². The van der Waals surface area contributed by atoms with Crippen LogP contribution in [-0.2, 0) is 19.0 Å². The number of hydrogen-bond donors (Lipinski definition) is 5. The summed E-state index contributed by atoms with van der Waals surface area (Å²) in [5.41, 5.74) is 0.759. The molecule has 3 saturated carbocycles. The minimum absolute atomic E-state index is 0.0336. The Balaban J connectivity index is 1.11. The molecule has 56 heavy (non-hydrogen) atoms. The van der Waals surface area contributed by atoms with Crippen molar-refractivity contribution in [1.82, 2.24) is 0 Å². The fraction of sp³-hybridized carbons (Fsp3) is 0.936. The van der Waals surface area contributed by atoms with E-state index in [1.807, 2.05) is 0 Å². The molecule has 1 aliphatic heterocycles. The molecule has 0 radical (unpaired) electrons. The van der Waals surface area contributed by atoms with E-state index in [4.69, 9.17) is 14.2 Å². The normalized spacial score (nSPS) is 38.9. The third-order valence-electron chi connectivity index (χ3n) is 15.8. The zero-order valence-electron chi connectivity index (χ0n) is 36.1. The molecule has 0 spiro atoms. The number of rotatable bonds is 21. The van der Waals surface area contributed by atoms with E-state index in [0.717, 1.165) is 56.4 Å². The van der Waals surface area contributed by atoms with Crippen LogP contribution in [0.4, 0.5) is 0 Å². The zero-order chi connectivity index (χ0) is 40.6. The third kappa shape index (κ3) is 10.6. The minimum Gasteiger partial charge on any atom is -0.510 e. The van der Waals surface area contributed by atoms with E-state index in [9.17, 15) is 30.3 Å². The van der Waals surface area contributed by atoms with Crippen molar-refractivity contribution in [3.8, 4) is 0 Å². The van der Waals surface area contributed by atoms with Gasteiger partial charge in [-0.25, -0.2) is 0 Å². The zero-order valence-corrected chi connectivity index (χ0v) is 36.1. The molecule has 9 nitrogen and oxygen atoms in total. The molecule has 0 aromatic rings. The first kappa shape index (κ1) is 45.8. The smallest absolute Gasteiger partial charge is 0.305 e. The number of esters is 1. The summed E-state index contributed by atoms with van der Waals surface area (Å²) in [5.74, 6) is 2.46. The van der Waals surface area contributed by atoms with Crippen LogP contribution in [0.1, 0.15) is 183 Å². The van der Waals surface area contributed by atoms with Gasteiger partial charge in [0.05, 0.1) is 6.10 Å². The van der Waals surface area contributed by atoms with Crippen LogP contribution in [-0.4, -0.2) is 81.0 Å². The van der Waals surface area contributed by atoms with Gasteiger partial charge in [0.25, 0.3) is 0 Å². The molecule has 0 aromatic heterocycles. The largest absolute Gasteiger partial charge is 0.510 e. The van der Waals surface area contributed by atoms with Crippen molar-refractivity contribution in [2.45, 2.75) is 226 Å². The van der Waals surface area contributed by atoms with Crippen molar-refractivity contribution in [2.75, 3.05) is 6.61 Å². The molecule has 1 heterocycles. The van der Waals surface area contributed by atoms with Gasteiger partial charge < -0.3 is 39.7 Å². The summed E-state index contributed by atoms with van der Waals surface area (Å²) in [6.45, 7) is 13.8. The second-order valence-corrected chi connectivity index (χ2v) is 20.0. The quantitative estimate of drug-likeness (QED) is 0.0567. The van der Waals surface area contributed by atoms with E-state index in [2.05, 4.69) is 41.5 Å². The van der Waals surface area contributed by atoms with Gasteiger partial charge in [-0.05, 0) is 103 Å². The molecule has 5 aliphatic rings. The Morgan fingerprint density at radius 1 is 0.786 bits per heavy atom. The fourth-order valence-corrected chi connectivity index (χ4v) is 12.4. The second kappa shape index (κ2) is 20.8. The summed E-state index contributed by atoms with van der Waals surface area (Å²) in [6, 6.07) is 0. The summed E-state index contributed by atoms with van der Waals surface area (Å²) in [4.78, 5) is 12.5. The SMILES string of the molecule is CCCCCCCCCCCCCC(=O)OC[C@H]1O[C@H](O[C@H]2CC[C@@]3(C)C(=C(O)C(O)[C@H]4[C@@H]5CC[C@H]([C@H](C)CCCC(C)C)[C@@]5(C)CC[C@@H]43)C2)[C@H](O)[C@H](O)[C@H]1O. The average Bonchev–Trinajstić information content (AvgIpc) is 3.53. The number of hydrogen-bond acceptors (Lipinski definition) is 9. The number of aliphatic hydroxyl groups is 5. The second-order valence-electron chi connectivity index (χ2n) is 20.0. The lowest BCUT2D eigenvalue weighted by molar-refractivity contribution is -0.313. The van der Waals surface area contributed by atoms with Crippen LogP contribution in [0.25, 0.3) is 0 Å². The highest BCUT2D eigenvalue weighted by Crippen LogP contribution is 2.68. The number of carbonyl (C=O) groups excluding carboxylic acids is 1. The average molecular weight is 791 g/mol. The Labute approximate surface area is 339 Å². The van der Waals surface area contributed by atoms with Crippen LogP contribution in [0.15, 0.2) is 11.3 Å². The monoisotopic (exact) mass is 791 g/mol. The standard InChI is InChI=1S/C47H82O9/c1-7-8-9-10-11-12-13-14-15-16-17-21-38(48)54-29-37-41(50)43(52)44(53)45(56-37)55-32-24-26-47(6)35-25-27-46(5)33(31(4)20-18-19-30(2)3)22-23-34(46)39(35)42(51)40(49)36(47)28-32/h30-35,37,39,41-45,49-53H,7-29H2,1-6H3/t31-,32+,33-,34+,35+,37-,39+,41+,42?,43-,44-,45+,46-,47-/m1/s1. The lowest BCUT2D eigenvalue weighted by Crippen LogP contribution is -2.60. The van der Waals surface area contributed by atoms with Crippen molar-refractivity contribution >= 4 is 5.97 Å². The van der Waals surface area contributed by atoms with Crippen molar-refractivity contribution in [2.24, 2.45) is 46.3 Å². The van der Waals surface area contributed by atoms with E-state index in [1.54, 1.807) is 0 Å². The lowest BCUT2D eigenvalue weighted by Gasteiger charge is -2.60. The van der Waals surface area contributed by atoms with Crippen LogP contribution >= 0.6 is 0 Å². The van der Waals surface area contributed by atoms with Crippen LogP contribution in [0, 0.1) is 46.3 Å². The van der Waals surface area contributed by atoms with Crippen LogP contribution < -0.4 is 0 Å². The molecule has 0 aromatic carbocycles. The molecule has 5 N–H and O–H groups in total. The molecule has 0 amide bonds. The van der Waals surface area contributed by atoms with Gasteiger partial charge in [-0.1, -0.05) is 125 Å². The molecule has 1 saturated heterocycles. The molecule has 4 fully saturated rings. The van der Waals surface area contributed by atoms with Gasteiger partial charge in [-0.3, -0.25) is 4.79 Å². The maximum absolute atomic E-state index is 12.5. The van der Waals surface area contributed by atoms with Gasteiger partial charge in [-0.2, -0.15) is 0 Å². The first-order valence-corrected chi connectivity index (χ1v) is 23.3. The Hall–Kier alpha value is -1.23. The fourth-order valence-electron chi connectivity index (χ4n) is 12.4. The molecule has 9 heteroatoms. The Kier molecular flexibility index (Phi) is 17.1. The predicted octanol–water partition coefficient (Wildman–Crippen LogP) is 9.32. The van der Waals surface area contributed by atoms with Crippen LogP contribution in [0.5, 0.6) is 0 Å². The topological polar surface area (TPSA) is 146 Å². The van der Waals surface area contributed by atoms with Gasteiger partial charge in [0.15, 0.2) is 6.29 Å². The Bertz CT molecular complexity index is 1250. The predicted molar refractivity (Wildman–Crippen MR) is 220 cm³/mol. The molecular formula is C47H82O9. The highest BCUT2D eigenvalue weighted by Gasteiger charge is 2.63. The Morgan fingerprint density at radius 2 is 1.45 bits per heavy atom. The first-order chi connectivity index (χ1) is 26.7. The van der Waals surface area contributed by atoms with Gasteiger partial charge in [-0.15, -0.1) is 0 Å². The molecule has 0 bridgehead atoms. The van der Waals surface area contributed by atoms with Gasteiger partial charge in [0.2, 0.25) is 0 Å². The number of ether oxygens (including phenoxy) is 3. The first-order valence-electron chi connectivity index (χ1n) is 23.3. The highest BCUT2D eigenvalue weighted by atomic mass is 16.7. The van der Waals surface area contributed by atoms with E-state index >= 15 is 0 Å². The highest BCUT2D eigenvalue weighted by molar-refractivity contribution is 5.69. The van der Waals surface area contributed by atoms with E-state index in [0.29, 0.717) is 30.6 Å². The molecule has 5 rings (SSSR count). The maximum atomic E-state index is 12.5. The van der Waals surface area contributed by atoms with Crippen LogP contribution in [0.2, 0.25) is 0 Å². The number of unbranched alkanes of at least 4 members (excludes halogenated alkanes) is 10. The maximum Gasteiger partial charge on any atom is 0.305 e. The Morgan fingerprint density at radius 3 is 2.11 bits per heavy atom. The minimum atomic E-state index is -1.53. The third-order valence-corrected chi connectivity index (χ3v) is 15.8. The van der Waals surface area contributed by atoms with Crippen molar-refractivity contribution < 1.29 is 44.5 Å². The summed E-state index contributed by atoms with van der Waals surface area (Å²) >= 11 is 0. The molecular weight excluding hydrogens is 709 g/mol. The molecule has 1 unspecified atom stereocenters. The van der Waals surface area contributed by atoms with Crippen molar-refractivity contribution in [3.05, 3.63) is 11.3 Å². The van der Waals surface area contributed by atoms with E-state index in [1.165, 1.54) is 77.0 Å². The number of fused-ring (bicyclic) bond motifs is 5. The molecule has 14 atom stereocenters. The number of carbonyl (C=O) groups is 1. The van der Waals surface area contributed by atoms with Crippen molar-refractivity contribution in [1.29, 1.82) is 0 Å². The van der Waals surface area contributed by atoms with Gasteiger partial charge in [0, 0.05) is 6.42 Å².